The zero-order valence-corrected chi connectivity index (χ0v) is 12.4. The Balaban J connectivity index is 2.69. The van der Waals surface area contributed by atoms with Crippen molar-refractivity contribution >= 4 is 17.3 Å². The third kappa shape index (κ3) is 2.71. The number of rotatable bonds is 2. The number of halogens is 1. The van der Waals surface area contributed by atoms with Crippen LogP contribution < -0.4 is 0 Å². The highest BCUT2D eigenvalue weighted by Gasteiger charge is 2.27. The van der Waals surface area contributed by atoms with Gasteiger partial charge < -0.3 is 0 Å². The molecule has 0 N–H and O–H groups in total. The molecule has 0 bridgehead atoms. The van der Waals surface area contributed by atoms with Crippen molar-refractivity contribution in [1.29, 1.82) is 5.26 Å². The average molecular weight is 306 g/mol. The van der Waals surface area contributed by atoms with Crippen molar-refractivity contribution in [2.45, 2.75) is 26.2 Å². The molecule has 0 amide bonds. The van der Waals surface area contributed by atoms with E-state index in [1.54, 1.807) is 6.07 Å². The summed E-state index contributed by atoms with van der Waals surface area (Å²) in [6, 6.07) is 6.32. The second kappa shape index (κ2) is 5.14. The first-order valence-electron chi connectivity index (χ1n) is 6.06. The first-order chi connectivity index (χ1) is 9.75. The lowest BCUT2D eigenvalue weighted by Gasteiger charge is -2.19. The lowest BCUT2D eigenvalue weighted by molar-refractivity contribution is -0.384. The lowest BCUT2D eigenvalue weighted by atomic mass is 9.90. The number of benzene rings is 1. The Morgan fingerprint density at radius 3 is 2.62 bits per heavy atom. The van der Waals surface area contributed by atoms with Crippen molar-refractivity contribution in [3.63, 3.8) is 0 Å². The van der Waals surface area contributed by atoms with E-state index in [9.17, 15) is 10.1 Å². The van der Waals surface area contributed by atoms with Crippen molar-refractivity contribution in [2.75, 3.05) is 0 Å². The first-order valence-corrected chi connectivity index (χ1v) is 6.44. The van der Waals surface area contributed by atoms with Crippen LogP contribution in [-0.2, 0) is 5.41 Å². The van der Waals surface area contributed by atoms with Crippen LogP contribution in [0.1, 0.15) is 32.2 Å². The highest BCUT2D eigenvalue weighted by Crippen LogP contribution is 2.30. The van der Waals surface area contributed by atoms with E-state index < -0.39 is 10.3 Å². The standard InChI is InChI=1S/C13H12ClN5O2/c1-13(2,3)12-10(7-15)16-17-18(12)8-4-5-9(14)11(6-8)19(20)21/h4-6H,1-3H3. The molecule has 1 aromatic carbocycles. The molecule has 8 heteroatoms. The minimum Gasteiger partial charge on any atom is -0.258 e. The van der Waals surface area contributed by atoms with E-state index in [1.807, 2.05) is 26.8 Å². The van der Waals surface area contributed by atoms with Crippen LogP contribution >= 0.6 is 11.6 Å². The van der Waals surface area contributed by atoms with Gasteiger partial charge in [0.05, 0.1) is 16.3 Å². The van der Waals surface area contributed by atoms with Gasteiger partial charge >= 0.3 is 0 Å². The second-order valence-electron chi connectivity index (χ2n) is 5.45. The zero-order chi connectivity index (χ0) is 15.8. The fraction of sp³-hybridized carbons (Fsp3) is 0.308. The van der Waals surface area contributed by atoms with Gasteiger partial charge in [0.1, 0.15) is 11.1 Å². The molecule has 0 atom stereocenters. The fourth-order valence-corrected chi connectivity index (χ4v) is 2.17. The van der Waals surface area contributed by atoms with E-state index in [2.05, 4.69) is 10.3 Å². The van der Waals surface area contributed by atoms with Crippen molar-refractivity contribution in [1.82, 2.24) is 15.0 Å². The fourth-order valence-electron chi connectivity index (χ4n) is 1.98. The van der Waals surface area contributed by atoms with Crippen LogP contribution in [-0.4, -0.2) is 19.9 Å². The van der Waals surface area contributed by atoms with Gasteiger partial charge in [-0.3, -0.25) is 10.1 Å². The van der Waals surface area contributed by atoms with E-state index in [4.69, 9.17) is 16.9 Å². The summed E-state index contributed by atoms with van der Waals surface area (Å²) >= 11 is 5.80. The summed E-state index contributed by atoms with van der Waals surface area (Å²) in [6.07, 6.45) is 0. The van der Waals surface area contributed by atoms with Crippen LogP contribution in [0.4, 0.5) is 5.69 Å². The number of hydrogen-bond acceptors (Lipinski definition) is 5. The van der Waals surface area contributed by atoms with Crippen LogP contribution in [0.5, 0.6) is 0 Å². The summed E-state index contributed by atoms with van der Waals surface area (Å²) in [5, 5.41) is 27.9. The minimum absolute atomic E-state index is 0.0432. The summed E-state index contributed by atoms with van der Waals surface area (Å²) in [6.45, 7) is 5.73. The lowest BCUT2D eigenvalue weighted by Crippen LogP contribution is -2.19. The van der Waals surface area contributed by atoms with Gasteiger partial charge in [-0.25, -0.2) is 4.68 Å². The van der Waals surface area contributed by atoms with Crippen molar-refractivity contribution in [3.8, 4) is 11.8 Å². The molecule has 0 fully saturated rings. The predicted octanol–water partition coefficient (Wildman–Crippen LogP) is 3.00. The van der Waals surface area contributed by atoms with Gasteiger partial charge in [-0.2, -0.15) is 5.26 Å². The third-order valence-corrected chi connectivity index (χ3v) is 3.18. The van der Waals surface area contributed by atoms with Crippen molar-refractivity contribution in [2.24, 2.45) is 0 Å². The molecule has 108 valence electrons. The number of nitro groups is 1. The molecule has 0 aliphatic rings. The van der Waals surface area contributed by atoms with E-state index >= 15 is 0 Å². The first kappa shape index (κ1) is 14.9. The monoisotopic (exact) mass is 305 g/mol. The molecule has 2 aromatic rings. The molecule has 1 heterocycles. The van der Waals surface area contributed by atoms with Gasteiger partial charge in [0.15, 0.2) is 5.69 Å². The maximum Gasteiger partial charge on any atom is 0.290 e. The number of aromatic nitrogens is 3. The summed E-state index contributed by atoms with van der Waals surface area (Å²) in [7, 11) is 0. The number of hydrogen-bond donors (Lipinski definition) is 0. The summed E-state index contributed by atoms with van der Waals surface area (Å²) < 4.78 is 1.43. The summed E-state index contributed by atoms with van der Waals surface area (Å²) in [5.74, 6) is 0. The largest absolute Gasteiger partial charge is 0.290 e. The van der Waals surface area contributed by atoms with Gasteiger partial charge in [0, 0.05) is 11.5 Å². The molecule has 2 rings (SSSR count). The molecule has 0 aliphatic heterocycles. The third-order valence-electron chi connectivity index (χ3n) is 2.86. The van der Waals surface area contributed by atoms with E-state index in [0.717, 1.165) is 0 Å². The van der Waals surface area contributed by atoms with Crippen molar-refractivity contribution < 1.29 is 4.92 Å². The van der Waals surface area contributed by atoms with Gasteiger partial charge in [-0.15, -0.1) is 5.10 Å². The topological polar surface area (TPSA) is 97.6 Å². The maximum atomic E-state index is 11.0. The predicted molar refractivity (Wildman–Crippen MR) is 76.4 cm³/mol. The van der Waals surface area contributed by atoms with Crippen LogP contribution in [0.25, 0.3) is 5.69 Å². The summed E-state index contributed by atoms with van der Waals surface area (Å²) in [4.78, 5) is 10.4. The number of nitrogens with zero attached hydrogens (tertiary/aromatic N) is 5. The number of nitriles is 1. The van der Waals surface area contributed by atoms with Gasteiger partial charge in [-0.1, -0.05) is 37.6 Å². The maximum absolute atomic E-state index is 11.0. The van der Waals surface area contributed by atoms with Crippen LogP contribution in [0.2, 0.25) is 5.02 Å². The number of nitro benzene ring substituents is 1. The Hall–Kier alpha value is -2.46. The van der Waals surface area contributed by atoms with Gasteiger partial charge in [0.2, 0.25) is 0 Å². The Kier molecular flexibility index (Phi) is 3.66. The molecule has 1 aromatic heterocycles. The Morgan fingerprint density at radius 1 is 1.43 bits per heavy atom. The molecule has 0 unspecified atom stereocenters. The molecule has 0 saturated heterocycles. The SMILES string of the molecule is CC(C)(C)c1c(C#N)nnn1-c1ccc(Cl)c([N+](=O)[O-])c1. The Morgan fingerprint density at radius 2 is 2.10 bits per heavy atom. The molecular formula is C13H12ClN5O2. The highest BCUT2D eigenvalue weighted by molar-refractivity contribution is 6.32. The highest BCUT2D eigenvalue weighted by atomic mass is 35.5. The second-order valence-corrected chi connectivity index (χ2v) is 5.86. The molecule has 7 nitrogen and oxygen atoms in total. The van der Waals surface area contributed by atoms with Gasteiger partial charge in [-0.05, 0) is 12.1 Å². The average Bonchev–Trinajstić information content (AvgIpc) is 2.82. The molecule has 0 saturated carbocycles. The molecule has 21 heavy (non-hydrogen) atoms. The zero-order valence-electron chi connectivity index (χ0n) is 11.7. The molecular weight excluding hydrogens is 294 g/mol. The van der Waals surface area contributed by atoms with Crippen molar-refractivity contribution in [3.05, 3.63) is 44.7 Å². The van der Waals surface area contributed by atoms with E-state index in [1.165, 1.54) is 16.8 Å². The normalized spacial score (nSPS) is 11.2. The van der Waals surface area contributed by atoms with Crippen LogP contribution in [0.3, 0.4) is 0 Å². The van der Waals surface area contributed by atoms with Crippen LogP contribution in [0, 0.1) is 21.4 Å². The summed E-state index contributed by atoms with van der Waals surface area (Å²) in [5.41, 5.74) is 0.595. The van der Waals surface area contributed by atoms with Crippen LogP contribution in [0.15, 0.2) is 18.2 Å². The Bertz CT molecular complexity index is 755. The Labute approximate surface area is 125 Å². The molecule has 0 aliphatic carbocycles. The minimum atomic E-state index is -0.565. The molecule has 0 radical (unpaired) electrons. The van der Waals surface area contributed by atoms with E-state index in [0.29, 0.717) is 11.4 Å². The smallest absolute Gasteiger partial charge is 0.258 e. The quantitative estimate of drug-likeness (QED) is 0.627. The van der Waals surface area contributed by atoms with E-state index in [-0.39, 0.29) is 16.4 Å². The van der Waals surface area contributed by atoms with Gasteiger partial charge in [0.25, 0.3) is 5.69 Å². The molecule has 0 spiro atoms.